The lowest BCUT2D eigenvalue weighted by Crippen LogP contribution is -2.31. The zero-order chi connectivity index (χ0) is 13.6. The van der Waals surface area contributed by atoms with Crippen molar-refractivity contribution < 1.29 is 19.1 Å². The second-order valence-electron chi connectivity index (χ2n) is 4.07. The van der Waals surface area contributed by atoms with Crippen molar-refractivity contribution in [3.8, 4) is 0 Å². The van der Waals surface area contributed by atoms with Gasteiger partial charge >= 0.3 is 11.9 Å². The van der Waals surface area contributed by atoms with Gasteiger partial charge in [-0.3, -0.25) is 9.59 Å². The van der Waals surface area contributed by atoms with Crippen LogP contribution < -0.4 is 0 Å². The molecule has 0 aliphatic heterocycles. The maximum atomic E-state index is 11.2. The molecule has 98 valence electrons. The quantitative estimate of drug-likeness (QED) is 0.569. The van der Waals surface area contributed by atoms with E-state index in [0.717, 1.165) is 0 Å². The summed E-state index contributed by atoms with van der Waals surface area (Å²) in [7, 11) is 0. The Bertz CT molecular complexity index is 249. The fourth-order valence-electron chi connectivity index (χ4n) is 0.731. The zero-order valence-corrected chi connectivity index (χ0v) is 11.8. The standard InChI is InChI=1S/C11H18O4S2/c1-7(16)9(12)14-5-11(3,4)6-15-10(13)8(2)17/h7-8,16-17H,3-6H2,1-2H3. The second-order valence-corrected chi connectivity index (χ2v) is 5.62. The minimum absolute atomic E-state index is 0.0367. The number of hydrogen-bond acceptors (Lipinski definition) is 6. The number of esters is 2. The van der Waals surface area contributed by atoms with Gasteiger partial charge in [-0.1, -0.05) is 0 Å². The van der Waals surface area contributed by atoms with E-state index in [-0.39, 0.29) is 13.2 Å². The number of carbonyl (C=O) groups excluding carboxylic acids is 2. The van der Waals surface area contributed by atoms with Crippen molar-refractivity contribution in [2.75, 3.05) is 13.2 Å². The van der Waals surface area contributed by atoms with Crippen LogP contribution in [0.4, 0.5) is 0 Å². The number of hydrogen-bond donors (Lipinski definition) is 2. The van der Waals surface area contributed by atoms with Gasteiger partial charge in [0.05, 0.1) is 10.5 Å². The van der Waals surface area contributed by atoms with Crippen LogP contribution in [0.5, 0.6) is 0 Å². The molecule has 2 unspecified atom stereocenters. The van der Waals surface area contributed by atoms with Crippen molar-refractivity contribution in [3.63, 3.8) is 0 Å². The van der Waals surface area contributed by atoms with Gasteiger partial charge in [-0.05, 0) is 27.7 Å². The topological polar surface area (TPSA) is 52.6 Å². The number of thiol groups is 2. The van der Waals surface area contributed by atoms with Crippen LogP contribution in [0.25, 0.3) is 0 Å². The lowest BCUT2D eigenvalue weighted by Gasteiger charge is -2.24. The number of ether oxygens (including phenoxy) is 2. The summed E-state index contributed by atoms with van der Waals surface area (Å²) in [6.07, 6.45) is 0. The average Bonchev–Trinajstić information content (AvgIpc) is 2.22. The van der Waals surface area contributed by atoms with Gasteiger partial charge in [0.25, 0.3) is 0 Å². The molecule has 0 saturated heterocycles. The van der Waals surface area contributed by atoms with Crippen LogP contribution in [0.2, 0.25) is 0 Å². The first-order valence-corrected chi connectivity index (χ1v) is 6.09. The van der Waals surface area contributed by atoms with Crippen molar-refractivity contribution in [2.45, 2.75) is 24.3 Å². The monoisotopic (exact) mass is 278 g/mol. The number of carbonyl (C=O) groups is 2. The van der Waals surface area contributed by atoms with E-state index in [9.17, 15) is 9.59 Å². The molecular weight excluding hydrogens is 260 g/mol. The molecule has 2 radical (unpaired) electrons. The van der Waals surface area contributed by atoms with Crippen LogP contribution in [-0.2, 0) is 19.1 Å². The van der Waals surface area contributed by atoms with Crippen molar-refractivity contribution in [3.05, 3.63) is 13.8 Å². The number of rotatable bonds is 6. The summed E-state index contributed by atoms with van der Waals surface area (Å²) in [4.78, 5) is 22.3. The molecule has 0 aliphatic rings. The van der Waals surface area contributed by atoms with Crippen LogP contribution in [0, 0.1) is 19.3 Å². The van der Waals surface area contributed by atoms with Gasteiger partial charge in [-0.2, -0.15) is 25.3 Å². The molecule has 0 bridgehead atoms. The highest BCUT2D eigenvalue weighted by Crippen LogP contribution is 2.16. The van der Waals surface area contributed by atoms with Gasteiger partial charge < -0.3 is 9.47 Å². The minimum Gasteiger partial charge on any atom is -0.464 e. The highest BCUT2D eigenvalue weighted by atomic mass is 32.1. The van der Waals surface area contributed by atoms with Gasteiger partial charge in [0.2, 0.25) is 0 Å². The first kappa shape index (κ1) is 16.6. The molecule has 6 heteroatoms. The maximum absolute atomic E-state index is 11.2. The first-order valence-electron chi connectivity index (χ1n) is 5.06. The fourth-order valence-corrected chi connectivity index (χ4v) is 0.880. The minimum atomic E-state index is -0.920. The third kappa shape index (κ3) is 7.54. The smallest absolute Gasteiger partial charge is 0.318 e. The molecular formula is C11H18O4S2. The zero-order valence-electron chi connectivity index (χ0n) is 10.0. The van der Waals surface area contributed by atoms with Gasteiger partial charge in [0.1, 0.15) is 13.2 Å². The Balaban J connectivity index is 4.04. The van der Waals surface area contributed by atoms with Crippen molar-refractivity contribution in [1.29, 1.82) is 0 Å². The van der Waals surface area contributed by atoms with E-state index in [0.29, 0.717) is 0 Å². The largest absolute Gasteiger partial charge is 0.464 e. The molecule has 4 nitrogen and oxygen atoms in total. The molecule has 0 rings (SSSR count). The molecule has 0 spiro atoms. The molecule has 0 aliphatic carbocycles. The summed E-state index contributed by atoms with van der Waals surface area (Å²) in [6, 6.07) is 0. The summed E-state index contributed by atoms with van der Waals surface area (Å²) in [5, 5.41) is -1.02. The Morgan fingerprint density at radius 1 is 1.06 bits per heavy atom. The normalized spacial score (nSPS) is 14.9. The maximum Gasteiger partial charge on any atom is 0.318 e. The predicted octanol–water partition coefficient (Wildman–Crippen LogP) is 1.36. The second kappa shape index (κ2) is 7.16. The summed E-state index contributed by atoms with van der Waals surface area (Å²) < 4.78 is 9.82. The van der Waals surface area contributed by atoms with Gasteiger partial charge in [-0.25, -0.2) is 0 Å². The molecule has 0 N–H and O–H groups in total. The Labute approximate surface area is 113 Å². The van der Waals surface area contributed by atoms with Gasteiger partial charge in [0, 0.05) is 5.41 Å². The molecule has 0 amide bonds. The molecule has 0 aromatic heterocycles. The van der Waals surface area contributed by atoms with Crippen LogP contribution in [0.1, 0.15) is 13.8 Å². The van der Waals surface area contributed by atoms with Crippen molar-refractivity contribution in [2.24, 2.45) is 5.41 Å². The van der Waals surface area contributed by atoms with Crippen LogP contribution in [0.15, 0.2) is 0 Å². The SMILES string of the molecule is [CH2]C([CH2])(COC(=O)C(C)S)COC(=O)C(C)S. The highest BCUT2D eigenvalue weighted by Gasteiger charge is 2.24. The predicted molar refractivity (Wildman–Crippen MR) is 72.0 cm³/mol. The first-order chi connectivity index (χ1) is 7.65. The van der Waals surface area contributed by atoms with Gasteiger partial charge in [-0.15, -0.1) is 0 Å². The summed E-state index contributed by atoms with van der Waals surface area (Å²) in [5.74, 6) is -0.919. The van der Waals surface area contributed by atoms with Crippen molar-refractivity contribution in [1.82, 2.24) is 0 Å². The van der Waals surface area contributed by atoms with E-state index in [1.807, 2.05) is 0 Å². The lowest BCUT2D eigenvalue weighted by atomic mass is 9.96. The molecule has 2 atom stereocenters. The van der Waals surface area contributed by atoms with E-state index in [1.54, 1.807) is 13.8 Å². The van der Waals surface area contributed by atoms with Crippen LogP contribution >= 0.6 is 25.3 Å². The Morgan fingerprint density at radius 3 is 1.59 bits per heavy atom. The molecule has 0 aromatic carbocycles. The van der Waals surface area contributed by atoms with Crippen LogP contribution in [0.3, 0.4) is 0 Å². The third-order valence-corrected chi connectivity index (χ3v) is 2.15. The van der Waals surface area contributed by atoms with Gasteiger partial charge in [0.15, 0.2) is 0 Å². The van der Waals surface area contributed by atoms with E-state index < -0.39 is 27.9 Å². The summed E-state index contributed by atoms with van der Waals surface area (Å²) in [6.45, 7) is 10.6. The average molecular weight is 278 g/mol. The lowest BCUT2D eigenvalue weighted by molar-refractivity contribution is -0.149. The Hall–Kier alpha value is -0.360. The highest BCUT2D eigenvalue weighted by molar-refractivity contribution is 7.81. The molecule has 0 heterocycles. The molecule has 17 heavy (non-hydrogen) atoms. The summed E-state index contributed by atoms with van der Waals surface area (Å²) in [5.41, 5.74) is -0.920. The third-order valence-electron chi connectivity index (χ3n) is 1.72. The molecule has 0 fully saturated rings. The van der Waals surface area contributed by atoms with Crippen LogP contribution in [-0.4, -0.2) is 35.7 Å². The molecule has 0 aromatic rings. The molecule has 0 saturated carbocycles. The Kier molecular flexibility index (Phi) is 7.01. The van der Waals surface area contributed by atoms with E-state index in [2.05, 4.69) is 39.1 Å². The Morgan fingerprint density at radius 2 is 1.35 bits per heavy atom. The van der Waals surface area contributed by atoms with E-state index >= 15 is 0 Å². The summed E-state index contributed by atoms with van der Waals surface area (Å²) >= 11 is 7.85. The van der Waals surface area contributed by atoms with E-state index in [1.165, 1.54) is 0 Å². The van der Waals surface area contributed by atoms with Crippen molar-refractivity contribution >= 4 is 37.2 Å². The fraction of sp³-hybridized carbons (Fsp3) is 0.636. The van der Waals surface area contributed by atoms with E-state index in [4.69, 9.17) is 9.47 Å².